The normalized spacial score (nSPS) is 10.4. The Morgan fingerprint density at radius 1 is 1.47 bits per heavy atom. The number of nitrogens with zero attached hydrogens (tertiary/aromatic N) is 3. The molecule has 0 saturated heterocycles. The number of rotatable bonds is 6. The van der Waals surface area contributed by atoms with Gasteiger partial charge in [0, 0.05) is 18.1 Å². The lowest BCUT2D eigenvalue weighted by Crippen LogP contribution is -2.22. The largest absolute Gasteiger partial charge is 0.342 e. The molecule has 0 spiro atoms. The van der Waals surface area contributed by atoms with Crippen LogP contribution in [0.1, 0.15) is 23.1 Å². The van der Waals surface area contributed by atoms with Crippen molar-refractivity contribution < 1.29 is 4.79 Å². The van der Waals surface area contributed by atoms with Crippen LogP contribution in [-0.4, -0.2) is 28.2 Å². The number of alkyl halides is 1. The van der Waals surface area contributed by atoms with E-state index >= 15 is 0 Å². The van der Waals surface area contributed by atoms with Crippen LogP contribution in [0.2, 0.25) is 0 Å². The van der Waals surface area contributed by atoms with E-state index in [1.54, 1.807) is 11.6 Å². The first-order valence-electron chi connectivity index (χ1n) is 5.94. The van der Waals surface area contributed by atoms with Gasteiger partial charge in [0.2, 0.25) is 0 Å². The number of anilines is 1. The third-order valence-electron chi connectivity index (χ3n) is 2.63. The zero-order chi connectivity index (χ0) is 13.7. The Balaban J connectivity index is 2.13. The first-order valence-corrected chi connectivity index (χ1v) is 7.35. The van der Waals surface area contributed by atoms with Crippen molar-refractivity contribution in [3.05, 3.63) is 41.2 Å². The molecule has 0 radical (unpaired) electrons. The molecule has 100 valence electrons. The van der Waals surface area contributed by atoms with Gasteiger partial charge in [0.25, 0.3) is 0 Å². The van der Waals surface area contributed by atoms with Gasteiger partial charge in [-0.25, -0.2) is 4.98 Å². The molecular formula is C13H14ClN3OS. The van der Waals surface area contributed by atoms with Gasteiger partial charge in [0.15, 0.2) is 10.9 Å². The summed E-state index contributed by atoms with van der Waals surface area (Å²) in [6.07, 6.45) is 1.77. The fourth-order valence-electron chi connectivity index (χ4n) is 1.61. The summed E-state index contributed by atoms with van der Waals surface area (Å²) >= 11 is 6.98. The average molecular weight is 296 g/mol. The molecule has 6 heteroatoms. The molecule has 4 nitrogen and oxygen atoms in total. The highest BCUT2D eigenvalue weighted by molar-refractivity contribution is 7.13. The minimum Gasteiger partial charge on any atom is -0.342 e. The van der Waals surface area contributed by atoms with E-state index in [-0.39, 0.29) is 11.7 Å². The third-order valence-corrected chi connectivity index (χ3v) is 3.77. The van der Waals surface area contributed by atoms with E-state index in [1.165, 1.54) is 11.3 Å². The van der Waals surface area contributed by atoms with Crippen LogP contribution in [0.25, 0.3) is 0 Å². The highest BCUT2D eigenvalue weighted by Gasteiger charge is 2.14. The zero-order valence-electron chi connectivity index (χ0n) is 10.5. The van der Waals surface area contributed by atoms with Gasteiger partial charge in [-0.15, -0.1) is 22.9 Å². The Bertz CT molecular complexity index is 544. The number of halogens is 1. The molecule has 0 amide bonds. The first kappa shape index (κ1) is 14.0. The summed E-state index contributed by atoms with van der Waals surface area (Å²) in [5.41, 5.74) is 1.42. The number of hydrogen-bond donors (Lipinski definition) is 0. The Morgan fingerprint density at radius 3 is 2.95 bits per heavy atom. The van der Waals surface area contributed by atoms with Gasteiger partial charge >= 0.3 is 0 Å². The summed E-state index contributed by atoms with van der Waals surface area (Å²) in [6, 6.07) is 5.82. The van der Waals surface area contributed by atoms with Crippen molar-refractivity contribution >= 4 is 33.9 Å². The molecule has 0 fully saturated rings. The molecule has 0 aliphatic heterocycles. The monoisotopic (exact) mass is 295 g/mol. The van der Waals surface area contributed by atoms with E-state index < -0.39 is 0 Å². The second kappa shape index (κ2) is 6.63. The molecule has 0 unspecified atom stereocenters. The van der Waals surface area contributed by atoms with Gasteiger partial charge < -0.3 is 4.90 Å². The number of ketones is 1. The molecule has 0 bridgehead atoms. The van der Waals surface area contributed by atoms with Gasteiger partial charge in [-0.1, -0.05) is 6.07 Å². The lowest BCUT2D eigenvalue weighted by Gasteiger charge is -2.18. The molecule has 2 aromatic heterocycles. The van der Waals surface area contributed by atoms with Crippen molar-refractivity contribution in [2.45, 2.75) is 13.5 Å². The molecule has 2 aromatic rings. The molecule has 0 aromatic carbocycles. The van der Waals surface area contributed by atoms with E-state index in [9.17, 15) is 4.79 Å². The molecule has 0 aliphatic rings. The van der Waals surface area contributed by atoms with E-state index in [2.05, 4.69) is 14.9 Å². The van der Waals surface area contributed by atoms with E-state index in [0.29, 0.717) is 12.2 Å². The molecule has 0 N–H and O–H groups in total. The quantitative estimate of drug-likeness (QED) is 0.607. The summed E-state index contributed by atoms with van der Waals surface area (Å²) in [4.78, 5) is 22.2. The highest BCUT2D eigenvalue weighted by Crippen LogP contribution is 2.22. The molecular weight excluding hydrogens is 282 g/mol. The first-order chi connectivity index (χ1) is 9.24. The predicted octanol–water partition coefficient (Wildman–Crippen LogP) is 2.99. The van der Waals surface area contributed by atoms with Gasteiger partial charge in [-0.3, -0.25) is 9.78 Å². The van der Waals surface area contributed by atoms with E-state index in [0.717, 1.165) is 17.4 Å². The summed E-state index contributed by atoms with van der Waals surface area (Å²) < 4.78 is 0. The van der Waals surface area contributed by atoms with Gasteiger partial charge in [0.05, 0.1) is 18.1 Å². The standard InChI is InChI=1S/C13H14ClN3OS/c1-2-17(8-10-5-3-4-6-15-10)13-16-11(9-19-13)12(18)7-14/h3-6,9H,2,7-8H2,1H3. The van der Waals surface area contributed by atoms with Crippen LogP contribution in [0.5, 0.6) is 0 Å². The fraction of sp³-hybridized carbons (Fsp3) is 0.308. The third kappa shape index (κ3) is 3.52. The number of thiazole rings is 1. The Hall–Kier alpha value is -1.46. The second-order valence-corrected chi connectivity index (χ2v) is 5.01. The van der Waals surface area contributed by atoms with Crippen molar-refractivity contribution in [2.75, 3.05) is 17.3 Å². The fourth-order valence-corrected chi connectivity index (χ4v) is 2.64. The molecule has 0 aliphatic carbocycles. The van der Waals surface area contributed by atoms with Crippen LogP contribution in [-0.2, 0) is 6.54 Å². The average Bonchev–Trinajstić information content (AvgIpc) is 2.94. The van der Waals surface area contributed by atoms with Crippen LogP contribution in [0.4, 0.5) is 5.13 Å². The Morgan fingerprint density at radius 2 is 2.32 bits per heavy atom. The number of carbonyl (C=O) groups is 1. The van der Waals surface area contributed by atoms with Crippen LogP contribution in [0.3, 0.4) is 0 Å². The van der Waals surface area contributed by atoms with Crippen molar-refractivity contribution in [1.82, 2.24) is 9.97 Å². The number of carbonyl (C=O) groups excluding carboxylic acids is 1. The van der Waals surface area contributed by atoms with Crippen molar-refractivity contribution in [3.63, 3.8) is 0 Å². The van der Waals surface area contributed by atoms with Gasteiger partial charge in [-0.2, -0.15) is 0 Å². The smallest absolute Gasteiger partial charge is 0.196 e. The Labute approximate surface area is 121 Å². The Kier molecular flexibility index (Phi) is 4.87. The summed E-state index contributed by atoms with van der Waals surface area (Å²) in [5, 5.41) is 2.57. The minimum absolute atomic E-state index is 0.0322. The number of Topliss-reactive ketones (excluding diaryl/α,β-unsaturated/α-hetero) is 1. The van der Waals surface area contributed by atoms with Crippen LogP contribution in [0.15, 0.2) is 29.8 Å². The van der Waals surface area contributed by atoms with E-state index in [1.807, 2.05) is 25.1 Å². The number of pyridine rings is 1. The minimum atomic E-state index is -0.141. The van der Waals surface area contributed by atoms with Crippen LogP contribution >= 0.6 is 22.9 Å². The zero-order valence-corrected chi connectivity index (χ0v) is 12.1. The SMILES string of the molecule is CCN(Cc1ccccn1)c1nc(C(=O)CCl)cs1. The highest BCUT2D eigenvalue weighted by atomic mass is 35.5. The number of hydrogen-bond acceptors (Lipinski definition) is 5. The summed E-state index contributed by atoms with van der Waals surface area (Å²) in [5.74, 6) is -0.173. The maximum absolute atomic E-state index is 11.5. The predicted molar refractivity (Wildman–Crippen MR) is 78.1 cm³/mol. The summed E-state index contributed by atoms with van der Waals surface area (Å²) in [7, 11) is 0. The summed E-state index contributed by atoms with van der Waals surface area (Å²) in [6.45, 7) is 3.53. The topological polar surface area (TPSA) is 46.1 Å². The van der Waals surface area contributed by atoms with Crippen LogP contribution in [0, 0.1) is 0 Å². The second-order valence-electron chi connectivity index (χ2n) is 3.91. The van der Waals surface area contributed by atoms with Crippen molar-refractivity contribution in [1.29, 1.82) is 0 Å². The van der Waals surface area contributed by atoms with Crippen LogP contribution < -0.4 is 4.90 Å². The lowest BCUT2D eigenvalue weighted by atomic mass is 10.3. The molecule has 0 atom stereocenters. The lowest BCUT2D eigenvalue weighted by molar-refractivity contribution is 0.101. The van der Waals surface area contributed by atoms with Gasteiger partial charge in [0.1, 0.15) is 5.69 Å². The maximum Gasteiger partial charge on any atom is 0.196 e. The molecule has 2 rings (SSSR count). The van der Waals surface area contributed by atoms with E-state index in [4.69, 9.17) is 11.6 Å². The van der Waals surface area contributed by atoms with Crippen molar-refractivity contribution in [2.24, 2.45) is 0 Å². The molecule has 2 heterocycles. The molecule has 19 heavy (non-hydrogen) atoms. The van der Waals surface area contributed by atoms with Gasteiger partial charge in [-0.05, 0) is 19.1 Å². The molecule has 0 saturated carbocycles. The number of aromatic nitrogens is 2. The maximum atomic E-state index is 11.5. The van der Waals surface area contributed by atoms with Crippen molar-refractivity contribution in [3.8, 4) is 0 Å².